The van der Waals surface area contributed by atoms with Crippen LogP contribution in [0.2, 0.25) is 0 Å². The summed E-state index contributed by atoms with van der Waals surface area (Å²) in [5.41, 5.74) is 0.906. The first-order valence-corrected chi connectivity index (χ1v) is 7.73. The first-order chi connectivity index (χ1) is 10.7. The second kappa shape index (κ2) is 6.29. The molecule has 3 heterocycles. The molecule has 2 aromatic heterocycles. The van der Waals surface area contributed by atoms with Gasteiger partial charge in [0.05, 0.1) is 19.2 Å². The fraction of sp³-hybridized carbons (Fsp3) is 0.600. The Morgan fingerprint density at radius 3 is 2.82 bits per heavy atom. The number of aryl methyl sites for hydroxylation is 2. The van der Waals surface area contributed by atoms with E-state index in [0.717, 1.165) is 36.0 Å². The summed E-state index contributed by atoms with van der Waals surface area (Å²) in [6.07, 6.45) is 4.68. The third-order valence-corrected chi connectivity index (χ3v) is 4.01. The highest BCUT2D eigenvalue weighted by molar-refractivity contribution is 5.48. The van der Waals surface area contributed by atoms with Gasteiger partial charge in [-0.05, 0) is 26.7 Å². The predicted molar refractivity (Wildman–Crippen MR) is 83.0 cm³/mol. The number of methoxy groups -OCH3 is 1. The molecule has 118 valence electrons. The lowest BCUT2D eigenvalue weighted by molar-refractivity contribution is 0.392. The summed E-state index contributed by atoms with van der Waals surface area (Å²) in [4.78, 5) is 8.72. The molecule has 1 aliphatic heterocycles. The maximum absolute atomic E-state index is 5.29. The topological polar surface area (TPSA) is 77.8 Å². The number of hydrogen-bond donors (Lipinski definition) is 1. The van der Waals surface area contributed by atoms with E-state index in [0.29, 0.717) is 18.2 Å². The van der Waals surface area contributed by atoms with Crippen LogP contribution in [0.15, 0.2) is 0 Å². The molecular weight excluding hydrogens is 280 g/mol. The van der Waals surface area contributed by atoms with Gasteiger partial charge in [-0.3, -0.25) is 0 Å². The zero-order valence-corrected chi connectivity index (χ0v) is 13.4. The molecule has 7 nitrogen and oxygen atoms in total. The normalized spacial score (nSPS) is 14.3. The van der Waals surface area contributed by atoms with Gasteiger partial charge in [0.2, 0.25) is 5.88 Å². The average molecular weight is 302 g/mol. The Labute approximate surface area is 130 Å². The van der Waals surface area contributed by atoms with Crippen molar-refractivity contribution in [3.05, 3.63) is 23.0 Å². The molecule has 0 spiro atoms. The van der Waals surface area contributed by atoms with Crippen molar-refractivity contribution in [3.8, 4) is 5.88 Å². The van der Waals surface area contributed by atoms with Gasteiger partial charge in [0, 0.05) is 13.0 Å². The second-order valence-electron chi connectivity index (χ2n) is 5.60. The molecule has 0 atom stereocenters. The van der Waals surface area contributed by atoms with E-state index >= 15 is 0 Å². The fourth-order valence-electron chi connectivity index (χ4n) is 2.81. The lowest BCUT2D eigenvalue weighted by atomic mass is 10.2. The largest absolute Gasteiger partial charge is 0.481 e. The number of fused-ring (bicyclic) bond motifs is 1. The maximum atomic E-state index is 5.29. The van der Waals surface area contributed by atoms with Crippen LogP contribution in [0.3, 0.4) is 0 Å². The van der Waals surface area contributed by atoms with Crippen molar-refractivity contribution >= 4 is 5.82 Å². The average Bonchev–Trinajstić information content (AvgIpc) is 2.74. The predicted octanol–water partition coefficient (Wildman–Crippen LogP) is 2.03. The molecule has 3 rings (SSSR count). The number of rotatable bonds is 4. The van der Waals surface area contributed by atoms with Gasteiger partial charge in [0.15, 0.2) is 5.82 Å². The quantitative estimate of drug-likeness (QED) is 0.931. The minimum absolute atomic E-state index is 0.605. The highest BCUT2D eigenvalue weighted by Crippen LogP contribution is 2.22. The third-order valence-electron chi connectivity index (χ3n) is 4.01. The fourth-order valence-corrected chi connectivity index (χ4v) is 2.81. The Morgan fingerprint density at radius 1 is 1.14 bits per heavy atom. The van der Waals surface area contributed by atoms with E-state index in [1.807, 2.05) is 13.8 Å². The summed E-state index contributed by atoms with van der Waals surface area (Å²) < 4.78 is 7.52. The molecule has 0 aliphatic carbocycles. The Hall–Kier alpha value is -2.18. The Balaban J connectivity index is 1.79. The summed E-state index contributed by atoms with van der Waals surface area (Å²) in [7, 11) is 1.62. The molecule has 0 saturated carbocycles. The highest BCUT2D eigenvalue weighted by atomic mass is 16.5. The molecule has 0 amide bonds. The zero-order chi connectivity index (χ0) is 15.5. The van der Waals surface area contributed by atoms with Crippen LogP contribution in [-0.4, -0.2) is 31.8 Å². The number of nitrogens with zero attached hydrogens (tertiary/aromatic N) is 5. The Kier molecular flexibility index (Phi) is 4.22. The third kappa shape index (κ3) is 2.88. The van der Waals surface area contributed by atoms with Crippen molar-refractivity contribution in [3.63, 3.8) is 0 Å². The summed E-state index contributed by atoms with van der Waals surface area (Å²) in [6, 6.07) is 0. The molecule has 1 N–H and O–H groups in total. The molecule has 0 unspecified atom stereocenters. The van der Waals surface area contributed by atoms with E-state index in [9.17, 15) is 0 Å². The van der Waals surface area contributed by atoms with Crippen LogP contribution in [0.5, 0.6) is 5.88 Å². The molecule has 22 heavy (non-hydrogen) atoms. The summed E-state index contributed by atoms with van der Waals surface area (Å²) >= 11 is 0. The van der Waals surface area contributed by atoms with Crippen molar-refractivity contribution in [2.24, 2.45) is 0 Å². The molecule has 1 aliphatic rings. The zero-order valence-electron chi connectivity index (χ0n) is 13.4. The molecule has 0 bridgehead atoms. The standard InChI is InChI=1S/C15H22N6O/c1-10-14(17-11(2)18-15(10)22-3)16-9-13-20-19-12-7-5-4-6-8-21(12)13/h4-9H2,1-3H3,(H,16,17,18). The van der Waals surface area contributed by atoms with Crippen molar-refractivity contribution in [1.29, 1.82) is 0 Å². The first-order valence-electron chi connectivity index (χ1n) is 7.73. The van der Waals surface area contributed by atoms with Gasteiger partial charge in [-0.25, -0.2) is 4.98 Å². The van der Waals surface area contributed by atoms with E-state index < -0.39 is 0 Å². The molecule has 7 heteroatoms. The lowest BCUT2D eigenvalue weighted by Gasteiger charge is -2.12. The van der Waals surface area contributed by atoms with Gasteiger partial charge in [-0.2, -0.15) is 4.98 Å². The smallest absolute Gasteiger partial charge is 0.221 e. The summed E-state index contributed by atoms with van der Waals surface area (Å²) in [5.74, 6) is 4.14. The van der Waals surface area contributed by atoms with Crippen molar-refractivity contribution < 1.29 is 4.74 Å². The van der Waals surface area contributed by atoms with Crippen LogP contribution in [0.25, 0.3) is 0 Å². The Bertz CT molecular complexity index is 666. The first kappa shape index (κ1) is 14.7. The van der Waals surface area contributed by atoms with E-state index in [-0.39, 0.29) is 0 Å². The van der Waals surface area contributed by atoms with Crippen LogP contribution in [0, 0.1) is 13.8 Å². The highest BCUT2D eigenvalue weighted by Gasteiger charge is 2.15. The molecule has 0 fully saturated rings. The van der Waals surface area contributed by atoms with Crippen LogP contribution >= 0.6 is 0 Å². The number of ether oxygens (including phenoxy) is 1. The van der Waals surface area contributed by atoms with Crippen LogP contribution in [0.4, 0.5) is 5.82 Å². The van der Waals surface area contributed by atoms with Crippen molar-refractivity contribution in [2.45, 2.75) is 52.6 Å². The van der Waals surface area contributed by atoms with Gasteiger partial charge < -0.3 is 14.6 Å². The summed E-state index contributed by atoms with van der Waals surface area (Å²) in [5, 5.41) is 12.0. The van der Waals surface area contributed by atoms with Crippen LogP contribution in [0.1, 0.15) is 42.3 Å². The van der Waals surface area contributed by atoms with E-state index in [1.165, 1.54) is 19.3 Å². The van der Waals surface area contributed by atoms with E-state index in [1.54, 1.807) is 7.11 Å². The molecule has 0 aromatic carbocycles. The lowest BCUT2D eigenvalue weighted by Crippen LogP contribution is -2.12. The Morgan fingerprint density at radius 2 is 2.00 bits per heavy atom. The minimum Gasteiger partial charge on any atom is -0.481 e. The monoisotopic (exact) mass is 302 g/mol. The van der Waals surface area contributed by atoms with E-state index in [2.05, 4.69) is 30.0 Å². The van der Waals surface area contributed by atoms with Gasteiger partial charge in [-0.15, -0.1) is 10.2 Å². The maximum Gasteiger partial charge on any atom is 0.221 e. The molecular formula is C15H22N6O. The van der Waals surface area contributed by atoms with Crippen LogP contribution < -0.4 is 10.1 Å². The van der Waals surface area contributed by atoms with Gasteiger partial charge in [-0.1, -0.05) is 6.42 Å². The molecule has 0 radical (unpaired) electrons. The van der Waals surface area contributed by atoms with Crippen LogP contribution in [-0.2, 0) is 19.5 Å². The molecule has 0 saturated heterocycles. The second-order valence-corrected chi connectivity index (χ2v) is 5.60. The number of hydrogen-bond acceptors (Lipinski definition) is 6. The summed E-state index contributed by atoms with van der Waals surface area (Å²) in [6.45, 7) is 5.42. The molecule has 2 aromatic rings. The number of anilines is 1. The number of nitrogens with one attached hydrogen (secondary N) is 1. The van der Waals surface area contributed by atoms with Crippen molar-refractivity contribution in [2.75, 3.05) is 12.4 Å². The van der Waals surface area contributed by atoms with Gasteiger partial charge in [0.1, 0.15) is 17.5 Å². The minimum atomic E-state index is 0.605. The van der Waals surface area contributed by atoms with Gasteiger partial charge >= 0.3 is 0 Å². The van der Waals surface area contributed by atoms with Gasteiger partial charge in [0.25, 0.3) is 0 Å². The van der Waals surface area contributed by atoms with Crippen molar-refractivity contribution in [1.82, 2.24) is 24.7 Å². The van der Waals surface area contributed by atoms with E-state index in [4.69, 9.17) is 4.74 Å². The number of aromatic nitrogens is 5. The SMILES string of the molecule is COc1nc(C)nc(NCc2nnc3n2CCCCC3)c1C.